The van der Waals surface area contributed by atoms with Crippen molar-refractivity contribution in [2.45, 2.75) is 18.9 Å². The van der Waals surface area contributed by atoms with E-state index in [1.807, 2.05) is 0 Å². The van der Waals surface area contributed by atoms with Crippen LogP contribution in [0.1, 0.15) is 12.8 Å². The van der Waals surface area contributed by atoms with E-state index in [-0.39, 0.29) is 12.4 Å². The molecule has 10 heavy (non-hydrogen) atoms. The molecule has 1 aliphatic heterocycles. The summed E-state index contributed by atoms with van der Waals surface area (Å²) >= 11 is 0. The molecule has 0 aliphatic carbocycles. The van der Waals surface area contributed by atoms with Crippen LogP contribution in [0.25, 0.3) is 0 Å². The molecule has 0 aromatic rings. The summed E-state index contributed by atoms with van der Waals surface area (Å²) in [4.78, 5) is 1.54. The second-order valence-corrected chi connectivity index (χ2v) is 3.05. The SMILES string of the molecule is C[NH+](C)CCCC1CO1.[Cl-]. The monoisotopic (exact) mass is 165 g/mol. The summed E-state index contributed by atoms with van der Waals surface area (Å²) in [6.07, 6.45) is 3.21. The number of hydrogen-bond donors (Lipinski definition) is 1. The largest absolute Gasteiger partial charge is 1.00 e. The Balaban J connectivity index is 0.000000810. The predicted octanol–water partition coefficient (Wildman–Crippen LogP) is -3.69. The van der Waals surface area contributed by atoms with E-state index in [9.17, 15) is 0 Å². The Labute approximate surface area is 68.9 Å². The Hall–Kier alpha value is 0.210. The van der Waals surface area contributed by atoms with Crippen LogP contribution in [0.4, 0.5) is 0 Å². The molecule has 1 N–H and O–H groups in total. The van der Waals surface area contributed by atoms with Crippen molar-refractivity contribution in [3.8, 4) is 0 Å². The van der Waals surface area contributed by atoms with Crippen LogP contribution in [0.15, 0.2) is 0 Å². The van der Waals surface area contributed by atoms with Gasteiger partial charge in [-0.05, 0) is 12.8 Å². The fraction of sp³-hybridized carbons (Fsp3) is 1.00. The van der Waals surface area contributed by atoms with Gasteiger partial charge in [-0.15, -0.1) is 0 Å². The first kappa shape index (κ1) is 10.2. The summed E-state index contributed by atoms with van der Waals surface area (Å²) in [5, 5.41) is 0. The molecule has 0 radical (unpaired) electrons. The van der Waals surface area contributed by atoms with Gasteiger partial charge in [0.25, 0.3) is 0 Å². The van der Waals surface area contributed by atoms with Gasteiger partial charge in [-0.2, -0.15) is 0 Å². The maximum atomic E-state index is 5.08. The molecular formula is C7H16ClNO. The molecule has 1 aliphatic rings. The fourth-order valence-corrected chi connectivity index (χ4v) is 0.918. The van der Waals surface area contributed by atoms with Gasteiger partial charge in [-0.1, -0.05) is 0 Å². The van der Waals surface area contributed by atoms with Gasteiger partial charge in [0.15, 0.2) is 0 Å². The van der Waals surface area contributed by atoms with Crippen LogP contribution in [0, 0.1) is 0 Å². The van der Waals surface area contributed by atoms with Crippen molar-refractivity contribution in [3.05, 3.63) is 0 Å². The molecule has 62 valence electrons. The van der Waals surface area contributed by atoms with Crippen molar-refractivity contribution in [1.82, 2.24) is 0 Å². The van der Waals surface area contributed by atoms with Crippen molar-refractivity contribution >= 4 is 0 Å². The van der Waals surface area contributed by atoms with E-state index in [4.69, 9.17) is 4.74 Å². The first-order valence-corrected chi connectivity index (χ1v) is 3.69. The summed E-state index contributed by atoms with van der Waals surface area (Å²) in [6, 6.07) is 0. The van der Waals surface area contributed by atoms with Gasteiger partial charge in [0.05, 0.1) is 33.4 Å². The first-order chi connectivity index (χ1) is 4.29. The number of nitrogens with one attached hydrogen (secondary N) is 1. The van der Waals surface area contributed by atoms with Crippen LogP contribution in [0.5, 0.6) is 0 Å². The summed E-state index contributed by atoms with van der Waals surface area (Å²) < 4.78 is 5.08. The molecule has 1 heterocycles. The van der Waals surface area contributed by atoms with E-state index in [2.05, 4.69) is 14.1 Å². The Morgan fingerprint density at radius 1 is 1.50 bits per heavy atom. The van der Waals surface area contributed by atoms with E-state index in [0.717, 1.165) is 6.61 Å². The molecule has 0 aromatic carbocycles. The van der Waals surface area contributed by atoms with E-state index in [1.165, 1.54) is 24.3 Å². The number of hydrogen-bond acceptors (Lipinski definition) is 1. The third-order valence-corrected chi connectivity index (χ3v) is 1.61. The number of epoxide rings is 1. The standard InChI is InChI=1S/C7H15NO.ClH/c1-8(2)5-3-4-7-6-9-7;/h7H,3-6H2,1-2H3;1H. The molecule has 0 spiro atoms. The van der Waals surface area contributed by atoms with Gasteiger partial charge in [-0.3, -0.25) is 0 Å². The lowest BCUT2D eigenvalue weighted by molar-refractivity contribution is -0.858. The minimum Gasteiger partial charge on any atom is -1.00 e. The molecule has 3 heteroatoms. The normalized spacial score (nSPS) is 22.5. The van der Waals surface area contributed by atoms with Crippen molar-refractivity contribution in [2.75, 3.05) is 27.2 Å². The highest BCUT2D eigenvalue weighted by Crippen LogP contribution is 2.13. The highest BCUT2D eigenvalue weighted by atomic mass is 35.5. The minimum absolute atomic E-state index is 0. The first-order valence-electron chi connectivity index (χ1n) is 3.69. The highest BCUT2D eigenvalue weighted by Gasteiger charge is 2.21. The minimum atomic E-state index is 0. The quantitative estimate of drug-likeness (QED) is 0.425. The maximum Gasteiger partial charge on any atom is 0.0812 e. The Morgan fingerprint density at radius 3 is 2.50 bits per heavy atom. The lowest BCUT2D eigenvalue weighted by Crippen LogP contribution is -3.05. The zero-order valence-electron chi connectivity index (χ0n) is 6.69. The molecule has 1 unspecified atom stereocenters. The average molecular weight is 166 g/mol. The van der Waals surface area contributed by atoms with E-state index in [0.29, 0.717) is 6.10 Å². The second-order valence-electron chi connectivity index (χ2n) is 3.05. The Kier molecular flexibility index (Phi) is 5.04. The fourth-order valence-electron chi connectivity index (χ4n) is 0.918. The van der Waals surface area contributed by atoms with Gasteiger partial charge in [0.2, 0.25) is 0 Å². The summed E-state index contributed by atoms with van der Waals surface area (Å²) in [5.41, 5.74) is 0. The van der Waals surface area contributed by atoms with Crippen LogP contribution in [0.3, 0.4) is 0 Å². The lowest BCUT2D eigenvalue weighted by Gasteiger charge is -2.04. The van der Waals surface area contributed by atoms with Crippen molar-refractivity contribution in [2.24, 2.45) is 0 Å². The van der Waals surface area contributed by atoms with E-state index >= 15 is 0 Å². The number of ether oxygens (including phenoxy) is 1. The van der Waals surface area contributed by atoms with Crippen molar-refractivity contribution < 1.29 is 22.0 Å². The number of halogens is 1. The smallest absolute Gasteiger partial charge is 0.0812 e. The third-order valence-electron chi connectivity index (χ3n) is 1.61. The summed E-state index contributed by atoms with van der Waals surface area (Å²) in [5.74, 6) is 0. The van der Waals surface area contributed by atoms with Gasteiger partial charge < -0.3 is 22.0 Å². The van der Waals surface area contributed by atoms with Crippen LogP contribution >= 0.6 is 0 Å². The second kappa shape index (κ2) is 4.94. The lowest BCUT2D eigenvalue weighted by atomic mass is 10.2. The van der Waals surface area contributed by atoms with Crippen LogP contribution in [0.2, 0.25) is 0 Å². The zero-order chi connectivity index (χ0) is 6.69. The van der Waals surface area contributed by atoms with Crippen LogP contribution in [-0.4, -0.2) is 33.4 Å². The highest BCUT2D eigenvalue weighted by molar-refractivity contribution is 4.67. The third kappa shape index (κ3) is 5.03. The van der Waals surface area contributed by atoms with Gasteiger partial charge in [0.1, 0.15) is 0 Å². The van der Waals surface area contributed by atoms with Crippen molar-refractivity contribution in [1.29, 1.82) is 0 Å². The maximum absolute atomic E-state index is 5.08. The molecule has 1 fully saturated rings. The predicted molar refractivity (Wildman–Crippen MR) is 36.7 cm³/mol. The number of rotatable bonds is 4. The van der Waals surface area contributed by atoms with Crippen molar-refractivity contribution in [3.63, 3.8) is 0 Å². The molecule has 1 saturated heterocycles. The van der Waals surface area contributed by atoms with E-state index in [1.54, 1.807) is 0 Å². The van der Waals surface area contributed by atoms with Crippen LogP contribution < -0.4 is 17.3 Å². The molecule has 1 atom stereocenters. The zero-order valence-corrected chi connectivity index (χ0v) is 7.45. The Morgan fingerprint density at radius 2 is 2.10 bits per heavy atom. The molecule has 0 aromatic heterocycles. The van der Waals surface area contributed by atoms with Crippen LogP contribution in [-0.2, 0) is 4.74 Å². The molecular weight excluding hydrogens is 150 g/mol. The topological polar surface area (TPSA) is 17.0 Å². The van der Waals surface area contributed by atoms with Gasteiger partial charge in [-0.25, -0.2) is 0 Å². The van der Waals surface area contributed by atoms with E-state index < -0.39 is 0 Å². The van der Waals surface area contributed by atoms with Gasteiger partial charge in [0, 0.05) is 0 Å². The average Bonchev–Trinajstić information content (AvgIpc) is 2.48. The molecule has 0 amide bonds. The molecule has 1 rings (SSSR count). The molecule has 0 bridgehead atoms. The molecule has 0 saturated carbocycles. The summed E-state index contributed by atoms with van der Waals surface area (Å²) in [6.45, 7) is 2.29. The number of quaternary nitrogens is 1. The Bertz CT molecular complexity index is 81.7. The summed E-state index contributed by atoms with van der Waals surface area (Å²) in [7, 11) is 4.38. The molecule has 2 nitrogen and oxygen atoms in total. The van der Waals surface area contributed by atoms with Gasteiger partial charge >= 0.3 is 0 Å².